The molecule has 31 heavy (non-hydrogen) atoms. The van der Waals surface area contributed by atoms with E-state index in [4.69, 9.17) is 29.0 Å². The van der Waals surface area contributed by atoms with Gasteiger partial charge < -0.3 is 16.1 Å². The van der Waals surface area contributed by atoms with Crippen LogP contribution in [0.5, 0.6) is 0 Å². The maximum Gasteiger partial charge on any atom is 0.234 e. The Morgan fingerprint density at radius 1 is 1.19 bits per heavy atom. The van der Waals surface area contributed by atoms with Gasteiger partial charge in [-0.3, -0.25) is 9.59 Å². The molecule has 3 aromatic rings. The van der Waals surface area contributed by atoms with E-state index in [-0.39, 0.29) is 17.6 Å². The van der Waals surface area contributed by atoms with Crippen molar-refractivity contribution in [3.05, 3.63) is 52.5 Å². The number of carbonyl (C=O) groups is 2. The second kappa shape index (κ2) is 9.17. The molecule has 1 aliphatic heterocycles. The number of hydrogen-bond acceptors (Lipinski definition) is 6. The average Bonchev–Trinajstić information content (AvgIpc) is 3.32. The number of halogens is 2. The monoisotopic (exact) mass is 476 g/mol. The van der Waals surface area contributed by atoms with Crippen LogP contribution in [0, 0.1) is 0 Å². The summed E-state index contributed by atoms with van der Waals surface area (Å²) in [4.78, 5) is 26.3. The first-order valence-corrected chi connectivity index (χ1v) is 11.2. The van der Waals surface area contributed by atoms with E-state index >= 15 is 0 Å². The highest BCUT2D eigenvalue weighted by Crippen LogP contribution is 2.31. The van der Waals surface area contributed by atoms with Crippen LogP contribution in [0.2, 0.25) is 10.0 Å². The Morgan fingerprint density at radius 2 is 2.00 bits per heavy atom. The summed E-state index contributed by atoms with van der Waals surface area (Å²) in [5, 5.41) is 12.2. The molecular formula is C20H18Cl2N6O2S. The van der Waals surface area contributed by atoms with Crippen LogP contribution in [-0.2, 0) is 9.59 Å². The van der Waals surface area contributed by atoms with Crippen molar-refractivity contribution >= 4 is 58.2 Å². The molecule has 0 spiro atoms. The minimum Gasteiger partial charge on any atom is -0.335 e. The number of rotatable bonds is 6. The third-order valence-electron chi connectivity index (χ3n) is 4.71. The van der Waals surface area contributed by atoms with E-state index in [0.29, 0.717) is 50.9 Å². The highest BCUT2D eigenvalue weighted by atomic mass is 35.5. The van der Waals surface area contributed by atoms with Gasteiger partial charge in [0.1, 0.15) is 0 Å². The average molecular weight is 477 g/mol. The van der Waals surface area contributed by atoms with Gasteiger partial charge in [-0.05, 0) is 36.8 Å². The van der Waals surface area contributed by atoms with Crippen molar-refractivity contribution in [1.29, 1.82) is 0 Å². The number of thioether (sulfide) groups is 1. The summed E-state index contributed by atoms with van der Waals surface area (Å²) < 4.78 is 1.28. The summed E-state index contributed by atoms with van der Waals surface area (Å²) in [6, 6.07) is 12.2. The zero-order valence-corrected chi connectivity index (χ0v) is 18.5. The SMILES string of the molecule is Nn1c(SCC(=O)Nc2ccccc2N2CCCC2=O)nnc1-c1ccc(Cl)cc1Cl. The summed E-state index contributed by atoms with van der Waals surface area (Å²) in [6.07, 6.45) is 1.33. The van der Waals surface area contributed by atoms with Crippen molar-refractivity contribution in [3.8, 4) is 11.4 Å². The molecule has 1 aliphatic rings. The zero-order chi connectivity index (χ0) is 22.0. The van der Waals surface area contributed by atoms with Crippen LogP contribution in [0.1, 0.15) is 12.8 Å². The predicted octanol–water partition coefficient (Wildman–Crippen LogP) is 3.82. The molecule has 0 aliphatic carbocycles. The van der Waals surface area contributed by atoms with Crippen LogP contribution < -0.4 is 16.1 Å². The number of nitrogens with two attached hydrogens (primary N) is 1. The second-order valence-corrected chi connectivity index (χ2v) is 8.59. The van der Waals surface area contributed by atoms with Crippen LogP contribution in [-0.4, -0.2) is 39.0 Å². The van der Waals surface area contributed by atoms with Gasteiger partial charge in [0.15, 0.2) is 5.82 Å². The van der Waals surface area contributed by atoms with E-state index in [2.05, 4.69) is 15.5 Å². The fourth-order valence-electron chi connectivity index (χ4n) is 3.26. The molecule has 160 valence electrons. The largest absolute Gasteiger partial charge is 0.335 e. The van der Waals surface area contributed by atoms with Crippen LogP contribution in [0.4, 0.5) is 11.4 Å². The van der Waals surface area contributed by atoms with E-state index in [1.165, 1.54) is 4.68 Å². The molecule has 0 saturated carbocycles. The quantitative estimate of drug-likeness (QED) is 0.413. The van der Waals surface area contributed by atoms with Gasteiger partial charge in [-0.2, -0.15) is 0 Å². The van der Waals surface area contributed by atoms with Crippen molar-refractivity contribution in [2.45, 2.75) is 18.0 Å². The Morgan fingerprint density at radius 3 is 2.74 bits per heavy atom. The molecule has 2 amide bonds. The van der Waals surface area contributed by atoms with E-state index in [0.717, 1.165) is 18.2 Å². The highest BCUT2D eigenvalue weighted by molar-refractivity contribution is 7.99. The first-order valence-electron chi connectivity index (χ1n) is 9.42. The maximum absolute atomic E-state index is 12.5. The Labute approximate surface area is 192 Å². The lowest BCUT2D eigenvalue weighted by atomic mass is 10.2. The molecule has 1 fully saturated rings. The van der Waals surface area contributed by atoms with E-state index in [1.807, 2.05) is 18.2 Å². The molecule has 3 N–H and O–H groups in total. The molecule has 0 radical (unpaired) electrons. The number of amides is 2. The Bertz CT molecular complexity index is 1150. The van der Waals surface area contributed by atoms with Gasteiger partial charge in [-0.15, -0.1) is 10.2 Å². The van der Waals surface area contributed by atoms with Crippen LogP contribution in [0.3, 0.4) is 0 Å². The fraction of sp³-hybridized carbons (Fsp3) is 0.200. The number of nitrogens with zero attached hydrogens (tertiary/aromatic N) is 4. The summed E-state index contributed by atoms with van der Waals surface area (Å²) >= 11 is 13.3. The number of carbonyl (C=O) groups excluding carboxylic acids is 2. The zero-order valence-electron chi connectivity index (χ0n) is 16.2. The van der Waals surface area contributed by atoms with E-state index < -0.39 is 0 Å². The molecule has 0 unspecified atom stereocenters. The van der Waals surface area contributed by atoms with Gasteiger partial charge in [-0.25, -0.2) is 4.68 Å². The lowest BCUT2D eigenvalue weighted by molar-refractivity contribution is -0.117. The van der Waals surface area contributed by atoms with Crippen molar-refractivity contribution in [1.82, 2.24) is 14.9 Å². The molecule has 2 aromatic carbocycles. The number of aromatic nitrogens is 3. The van der Waals surface area contributed by atoms with Crippen molar-refractivity contribution < 1.29 is 9.59 Å². The number of para-hydroxylation sites is 2. The second-order valence-electron chi connectivity index (χ2n) is 6.80. The number of hydrogen-bond donors (Lipinski definition) is 2. The number of benzene rings is 2. The number of nitrogen functional groups attached to an aromatic ring is 1. The third-order valence-corrected chi connectivity index (χ3v) is 6.20. The molecule has 0 atom stereocenters. The smallest absolute Gasteiger partial charge is 0.234 e. The summed E-state index contributed by atoms with van der Waals surface area (Å²) in [5.41, 5.74) is 1.87. The molecule has 1 aromatic heterocycles. The van der Waals surface area contributed by atoms with Gasteiger partial charge in [0, 0.05) is 23.6 Å². The predicted molar refractivity (Wildman–Crippen MR) is 123 cm³/mol. The van der Waals surface area contributed by atoms with E-state index in [1.54, 1.807) is 29.2 Å². The highest BCUT2D eigenvalue weighted by Gasteiger charge is 2.24. The molecule has 4 rings (SSSR count). The van der Waals surface area contributed by atoms with Gasteiger partial charge in [0.2, 0.25) is 17.0 Å². The van der Waals surface area contributed by atoms with E-state index in [9.17, 15) is 9.59 Å². The Hall–Kier alpha value is -2.75. The molecule has 1 saturated heterocycles. The topological polar surface area (TPSA) is 106 Å². The standard InChI is InChI=1S/C20H18Cl2N6O2S/c21-12-7-8-13(14(22)10-12)19-25-26-20(28(19)23)31-11-17(29)24-15-4-1-2-5-16(15)27-9-3-6-18(27)30/h1-2,4-5,7-8,10H,3,6,9,11,23H2,(H,24,29). The molecule has 11 heteroatoms. The summed E-state index contributed by atoms with van der Waals surface area (Å²) in [6.45, 7) is 0.646. The maximum atomic E-state index is 12.5. The first kappa shape index (κ1) is 21.5. The number of nitrogens with one attached hydrogen (secondary N) is 1. The van der Waals surface area contributed by atoms with Crippen LogP contribution in [0.25, 0.3) is 11.4 Å². The van der Waals surface area contributed by atoms with Crippen molar-refractivity contribution in [2.75, 3.05) is 28.4 Å². The van der Waals surface area contributed by atoms with Gasteiger partial charge in [-0.1, -0.05) is 47.1 Å². The lowest BCUT2D eigenvalue weighted by Gasteiger charge is -2.19. The van der Waals surface area contributed by atoms with Crippen LogP contribution >= 0.6 is 35.0 Å². The Balaban J connectivity index is 1.44. The summed E-state index contributed by atoms with van der Waals surface area (Å²) in [7, 11) is 0. The normalized spacial score (nSPS) is 13.6. The minimum atomic E-state index is -0.252. The van der Waals surface area contributed by atoms with Crippen molar-refractivity contribution in [3.63, 3.8) is 0 Å². The lowest BCUT2D eigenvalue weighted by Crippen LogP contribution is -2.26. The Kier molecular flexibility index (Phi) is 6.35. The first-order chi connectivity index (χ1) is 14.9. The van der Waals surface area contributed by atoms with Crippen molar-refractivity contribution in [2.24, 2.45) is 0 Å². The molecule has 2 heterocycles. The van der Waals surface area contributed by atoms with Gasteiger partial charge >= 0.3 is 0 Å². The number of anilines is 2. The minimum absolute atomic E-state index is 0.0562. The third kappa shape index (κ3) is 4.63. The van der Waals surface area contributed by atoms with Gasteiger partial charge in [0.05, 0.1) is 22.2 Å². The van der Waals surface area contributed by atoms with Gasteiger partial charge in [0.25, 0.3) is 0 Å². The molecule has 0 bridgehead atoms. The van der Waals surface area contributed by atoms with Crippen LogP contribution in [0.15, 0.2) is 47.6 Å². The molecule has 8 nitrogen and oxygen atoms in total. The fourth-order valence-corrected chi connectivity index (χ4v) is 4.41. The molecular weight excluding hydrogens is 459 g/mol. The summed E-state index contributed by atoms with van der Waals surface area (Å²) in [5.74, 6) is 6.34.